The molecule has 1 N–H and O–H groups in total. The molecule has 1 saturated heterocycles. The van der Waals surface area contributed by atoms with Crippen LogP contribution in [-0.2, 0) is 4.79 Å². The number of amides is 3. The highest BCUT2D eigenvalue weighted by molar-refractivity contribution is 6.30. The summed E-state index contributed by atoms with van der Waals surface area (Å²) in [5.41, 5.74) is -0.653. The minimum Gasteiger partial charge on any atom is -0.494 e. The largest absolute Gasteiger partial charge is 0.494 e. The summed E-state index contributed by atoms with van der Waals surface area (Å²) in [6.45, 7) is 3.02. The van der Waals surface area contributed by atoms with Crippen LogP contribution in [0.5, 0.6) is 5.75 Å². The van der Waals surface area contributed by atoms with Gasteiger partial charge >= 0.3 is 6.03 Å². The van der Waals surface area contributed by atoms with E-state index < -0.39 is 5.54 Å². The van der Waals surface area contributed by atoms with E-state index in [9.17, 15) is 9.59 Å². The molecule has 0 atom stereocenters. The molecule has 136 valence electrons. The van der Waals surface area contributed by atoms with E-state index in [1.54, 1.807) is 24.3 Å². The first-order chi connectivity index (χ1) is 12.0. The van der Waals surface area contributed by atoms with Crippen LogP contribution in [-0.4, -0.2) is 35.5 Å². The smallest absolute Gasteiger partial charge is 0.325 e. The number of benzene rings is 1. The van der Waals surface area contributed by atoms with Gasteiger partial charge in [0.1, 0.15) is 11.3 Å². The van der Waals surface area contributed by atoms with Gasteiger partial charge in [-0.3, -0.25) is 9.69 Å². The maximum absolute atomic E-state index is 12.8. The average molecular weight is 365 g/mol. The minimum atomic E-state index is -0.653. The van der Waals surface area contributed by atoms with Gasteiger partial charge in [0.15, 0.2) is 0 Å². The van der Waals surface area contributed by atoms with Crippen molar-refractivity contribution in [2.24, 2.45) is 5.92 Å². The predicted molar refractivity (Wildman–Crippen MR) is 96.8 cm³/mol. The van der Waals surface area contributed by atoms with Crippen LogP contribution < -0.4 is 10.1 Å². The van der Waals surface area contributed by atoms with Crippen LogP contribution in [0.25, 0.3) is 0 Å². The van der Waals surface area contributed by atoms with Crippen molar-refractivity contribution in [3.8, 4) is 5.75 Å². The van der Waals surface area contributed by atoms with Gasteiger partial charge in [-0.2, -0.15) is 0 Å². The van der Waals surface area contributed by atoms with Crippen molar-refractivity contribution in [1.82, 2.24) is 10.2 Å². The Kier molecular flexibility index (Phi) is 5.52. The average Bonchev–Trinajstić information content (AvgIpc) is 2.84. The number of ether oxygens (including phenoxy) is 1. The van der Waals surface area contributed by atoms with Crippen LogP contribution in [0.2, 0.25) is 5.02 Å². The van der Waals surface area contributed by atoms with Crippen molar-refractivity contribution in [3.63, 3.8) is 0 Å². The molecule has 1 aromatic rings. The van der Waals surface area contributed by atoms with Gasteiger partial charge < -0.3 is 10.1 Å². The molecule has 6 heteroatoms. The number of nitrogens with zero attached hydrogens (tertiary/aromatic N) is 1. The van der Waals surface area contributed by atoms with Crippen LogP contribution in [0.15, 0.2) is 24.3 Å². The lowest BCUT2D eigenvalue weighted by molar-refractivity contribution is -0.132. The number of urea groups is 1. The topological polar surface area (TPSA) is 58.6 Å². The van der Waals surface area contributed by atoms with Crippen molar-refractivity contribution in [3.05, 3.63) is 29.3 Å². The summed E-state index contributed by atoms with van der Waals surface area (Å²) in [5.74, 6) is 1.35. The second-order valence-corrected chi connectivity index (χ2v) is 7.41. The van der Waals surface area contributed by atoms with Crippen molar-refractivity contribution in [2.75, 3.05) is 13.2 Å². The standard InChI is InChI=1S/C19H25ClN2O3/c1-2-14-8-10-19(11-9-14)17(23)22(18(24)21-19)12-3-13-25-16-6-4-15(20)5-7-16/h4-7,14H,2-3,8-13H2,1H3,(H,21,24). The SMILES string of the molecule is CCC1CCC2(CC1)NC(=O)N(CCCOc1ccc(Cl)cc1)C2=O. The molecule has 1 aliphatic carbocycles. The zero-order valence-electron chi connectivity index (χ0n) is 14.6. The molecule has 3 rings (SSSR count). The van der Waals surface area contributed by atoms with Gasteiger partial charge in [0, 0.05) is 11.6 Å². The van der Waals surface area contributed by atoms with E-state index in [0.717, 1.165) is 37.9 Å². The third kappa shape index (κ3) is 3.92. The Bertz CT molecular complexity index is 624. The Hall–Kier alpha value is -1.75. The number of hydrogen-bond donors (Lipinski definition) is 1. The quantitative estimate of drug-likeness (QED) is 0.613. The van der Waals surface area contributed by atoms with Crippen LogP contribution in [0.4, 0.5) is 4.79 Å². The maximum atomic E-state index is 12.8. The highest BCUT2D eigenvalue weighted by Crippen LogP contribution is 2.37. The molecule has 0 radical (unpaired) electrons. The van der Waals surface area contributed by atoms with E-state index in [0.29, 0.717) is 30.5 Å². The van der Waals surface area contributed by atoms with Gasteiger partial charge in [0.2, 0.25) is 0 Å². The molecule has 1 saturated carbocycles. The third-order valence-electron chi connectivity index (χ3n) is 5.39. The molecule has 1 aliphatic heterocycles. The predicted octanol–water partition coefficient (Wildman–Crippen LogP) is 4.00. The fraction of sp³-hybridized carbons (Fsp3) is 0.579. The fourth-order valence-electron chi connectivity index (χ4n) is 3.74. The summed E-state index contributed by atoms with van der Waals surface area (Å²) in [7, 11) is 0. The Balaban J connectivity index is 1.49. The van der Waals surface area contributed by atoms with Crippen LogP contribution in [0.1, 0.15) is 45.4 Å². The molecule has 0 unspecified atom stereocenters. The van der Waals surface area contributed by atoms with Gasteiger partial charge in [0.05, 0.1) is 6.61 Å². The number of carbonyl (C=O) groups excluding carboxylic acids is 2. The highest BCUT2D eigenvalue weighted by Gasteiger charge is 2.51. The van der Waals surface area contributed by atoms with Gasteiger partial charge in [-0.1, -0.05) is 24.9 Å². The Labute approximate surface area is 153 Å². The molecule has 0 bridgehead atoms. The van der Waals surface area contributed by atoms with E-state index in [1.807, 2.05) is 0 Å². The number of rotatable bonds is 6. The number of carbonyl (C=O) groups is 2. The first-order valence-corrected chi connectivity index (χ1v) is 9.44. The second-order valence-electron chi connectivity index (χ2n) is 6.98. The van der Waals surface area contributed by atoms with E-state index in [-0.39, 0.29) is 11.9 Å². The lowest BCUT2D eigenvalue weighted by Crippen LogP contribution is -2.49. The molecule has 1 heterocycles. The van der Waals surface area contributed by atoms with Crippen LogP contribution in [0, 0.1) is 5.92 Å². The van der Waals surface area contributed by atoms with Gasteiger partial charge in [-0.05, 0) is 62.3 Å². The third-order valence-corrected chi connectivity index (χ3v) is 5.64. The van der Waals surface area contributed by atoms with Gasteiger partial charge in [0.25, 0.3) is 5.91 Å². The summed E-state index contributed by atoms with van der Waals surface area (Å²) in [6, 6.07) is 6.88. The first-order valence-electron chi connectivity index (χ1n) is 9.06. The number of imide groups is 1. The Morgan fingerprint density at radius 3 is 2.56 bits per heavy atom. The van der Waals surface area contributed by atoms with Crippen molar-refractivity contribution in [2.45, 2.75) is 51.0 Å². The minimum absolute atomic E-state index is 0.0569. The molecular formula is C19H25ClN2O3. The number of hydrogen-bond acceptors (Lipinski definition) is 3. The number of nitrogens with one attached hydrogen (secondary N) is 1. The van der Waals surface area contributed by atoms with Gasteiger partial charge in [-0.15, -0.1) is 0 Å². The molecule has 2 aliphatic rings. The second kappa shape index (κ2) is 7.65. The summed E-state index contributed by atoms with van der Waals surface area (Å²) in [4.78, 5) is 26.4. The van der Waals surface area contributed by atoms with Gasteiger partial charge in [-0.25, -0.2) is 4.79 Å². The summed E-state index contributed by atoms with van der Waals surface area (Å²) in [6.07, 6.45) is 5.28. The zero-order chi connectivity index (χ0) is 17.9. The molecule has 0 aromatic heterocycles. The van der Waals surface area contributed by atoms with E-state index >= 15 is 0 Å². The zero-order valence-corrected chi connectivity index (χ0v) is 15.3. The highest BCUT2D eigenvalue weighted by atomic mass is 35.5. The molecule has 1 aromatic carbocycles. The molecule has 5 nitrogen and oxygen atoms in total. The van der Waals surface area contributed by atoms with Crippen LogP contribution in [0.3, 0.4) is 0 Å². The maximum Gasteiger partial charge on any atom is 0.325 e. The lowest BCUT2D eigenvalue weighted by atomic mass is 9.75. The number of halogens is 1. The van der Waals surface area contributed by atoms with Crippen molar-refractivity contribution < 1.29 is 14.3 Å². The molecule has 25 heavy (non-hydrogen) atoms. The van der Waals surface area contributed by atoms with Crippen molar-refractivity contribution >= 4 is 23.5 Å². The molecule has 1 spiro atoms. The monoisotopic (exact) mass is 364 g/mol. The first kappa shape index (κ1) is 18.1. The molecule has 3 amide bonds. The molecular weight excluding hydrogens is 340 g/mol. The fourth-order valence-corrected chi connectivity index (χ4v) is 3.87. The van der Waals surface area contributed by atoms with E-state index in [2.05, 4.69) is 12.2 Å². The Morgan fingerprint density at radius 1 is 1.24 bits per heavy atom. The summed E-state index contributed by atoms with van der Waals surface area (Å²) < 4.78 is 5.63. The van der Waals surface area contributed by atoms with Crippen LogP contribution >= 0.6 is 11.6 Å². The molecule has 2 fully saturated rings. The van der Waals surface area contributed by atoms with Crippen molar-refractivity contribution in [1.29, 1.82) is 0 Å². The Morgan fingerprint density at radius 2 is 1.92 bits per heavy atom. The summed E-state index contributed by atoms with van der Waals surface area (Å²) >= 11 is 5.84. The normalized spacial score (nSPS) is 26.2. The van der Waals surface area contributed by atoms with E-state index in [1.165, 1.54) is 4.90 Å². The summed E-state index contributed by atoms with van der Waals surface area (Å²) in [5, 5.41) is 3.62. The van der Waals surface area contributed by atoms with E-state index in [4.69, 9.17) is 16.3 Å². The lowest BCUT2D eigenvalue weighted by Gasteiger charge is -2.34.